The summed E-state index contributed by atoms with van der Waals surface area (Å²) in [5, 5.41) is 9.78. The third kappa shape index (κ3) is 2.20. The number of rotatable bonds is 4. The summed E-state index contributed by atoms with van der Waals surface area (Å²) in [6, 6.07) is 4.20. The van der Waals surface area contributed by atoms with Gasteiger partial charge in [-0.3, -0.25) is 4.98 Å². The number of fused-ring (bicyclic) bond motifs is 1. The molecule has 0 aliphatic carbocycles. The molecular formula is C12H12N4S. The van der Waals surface area contributed by atoms with Crippen LogP contribution in [0.25, 0.3) is 5.52 Å². The Kier molecular flexibility index (Phi) is 2.85. The first-order valence-corrected chi connectivity index (χ1v) is 6.31. The van der Waals surface area contributed by atoms with Crippen molar-refractivity contribution in [2.24, 2.45) is 0 Å². The van der Waals surface area contributed by atoms with Gasteiger partial charge in [-0.05, 0) is 11.4 Å². The van der Waals surface area contributed by atoms with Crippen molar-refractivity contribution >= 4 is 16.9 Å². The fraction of sp³-hybridized carbons (Fsp3) is 0.167. The van der Waals surface area contributed by atoms with E-state index in [1.54, 1.807) is 17.5 Å². The fourth-order valence-corrected chi connectivity index (χ4v) is 2.43. The summed E-state index contributed by atoms with van der Waals surface area (Å²) in [5.41, 5.74) is 2.24. The third-order valence-electron chi connectivity index (χ3n) is 2.60. The van der Waals surface area contributed by atoms with E-state index in [-0.39, 0.29) is 0 Å². The van der Waals surface area contributed by atoms with Crippen LogP contribution in [0.2, 0.25) is 0 Å². The summed E-state index contributed by atoms with van der Waals surface area (Å²) in [5.74, 6) is 0. The molecule has 0 amide bonds. The van der Waals surface area contributed by atoms with Crippen LogP contribution in [0, 0.1) is 0 Å². The van der Waals surface area contributed by atoms with Gasteiger partial charge in [0.05, 0.1) is 17.9 Å². The van der Waals surface area contributed by atoms with Crippen LogP contribution in [0.3, 0.4) is 0 Å². The number of thiophene rings is 1. The minimum Gasteiger partial charge on any atom is -0.308 e. The van der Waals surface area contributed by atoms with Crippen molar-refractivity contribution in [2.45, 2.75) is 13.1 Å². The van der Waals surface area contributed by atoms with Gasteiger partial charge in [0.2, 0.25) is 0 Å². The van der Waals surface area contributed by atoms with E-state index in [9.17, 15) is 0 Å². The van der Waals surface area contributed by atoms with Gasteiger partial charge < -0.3 is 5.32 Å². The molecule has 86 valence electrons. The van der Waals surface area contributed by atoms with Gasteiger partial charge in [-0.2, -0.15) is 5.10 Å². The standard InChI is InChI=1S/C12H12N4S/c1-2-11(17-5-1)8-14-6-10-7-15-16-4-3-13-9-12(10)16/h1-5,7,9,14H,6,8H2. The number of hydrogen-bond donors (Lipinski definition) is 1. The highest BCUT2D eigenvalue weighted by Gasteiger charge is 2.03. The molecule has 0 aliphatic heterocycles. The highest BCUT2D eigenvalue weighted by atomic mass is 32.1. The van der Waals surface area contributed by atoms with Crippen molar-refractivity contribution in [3.05, 3.63) is 52.7 Å². The van der Waals surface area contributed by atoms with Gasteiger partial charge in [0.25, 0.3) is 0 Å². The normalized spacial score (nSPS) is 11.1. The van der Waals surface area contributed by atoms with E-state index in [1.165, 1.54) is 10.4 Å². The molecular weight excluding hydrogens is 232 g/mol. The van der Waals surface area contributed by atoms with Crippen molar-refractivity contribution in [2.75, 3.05) is 0 Å². The molecule has 1 N–H and O–H groups in total. The number of nitrogens with one attached hydrogen (secondary N) is 1. The molecule has 17 heavy (non-hydrogen) atoms. The van der Waals surface area contributed by atoms with Gasteiger partial charge in [-0.25, -0.2) is 4.52 Å². The van der Waals surface area contributed by atoms with Crippen LogP contribution in [-0.4, -0.2) is 14.6 Å². The first kappa shape index (κ1) is 10.4. The molecule has 0 atom stereocenters. The van der Waals surface area contributed by atoms with E-state index in [1.807, 2.05) is 23.1 Å². The predicted octanol–water partition coefficient (Wildman–Crippen LogP) is 2.08. The van der Waals surface area contributed by atoms with Crippen molar-refractivity contribution < 1.29 is 0 Å². The summed E-state index contributed by atoms with van der Waals surface area (Å²) < 4.78 is 1.84. The van der Waals surface area contributed by atoms with Crippen molar-refractivity contribution in [3.63, 3.8) is 0 Å². The monoisotopic (exact) mass is 244 g/mol. The van der Waals surface area contributed by atoms with Crippen LogP contribution >= 0.6 is 11.3 Å². The smallest absolute Gasteiger partial charge is 0.0889 e. The van der Waals surface area contributed by atoms with Gasteiger partial charge in [-0.1, -0.05) is 6.07 Å². The Hall–Kier alpha value is -1.72. The quantitative estimate of drug-likeness (QED) is 0.764. The van der Waals surface area contributed by atoms with E-state index in [0.29, 0.717) is 0 Å². The molecule has 3 aromatic rings. The Balaban J connectivity index is 1.69. The maximum Gasteiger partial charge on any atom is 0.0889 e. The molecule has 0 bridgehead atoms. The predicted molar refractivity (Wildman–Crippen MR) is 67.8 cm³/mol. The van der Waals surface area contributed by atoms with E-state index in [2.05, 4.69) is 32.9 Å². The molecule has 5 heteroatoms. The molecule has 0 radical (unpaired) electrons. The first-order chi connectivity index (χ1) is 8.43. The Morgan fingerprint density at radius 1 is 1.29 bits per heavy atom. The van der Waals surface area contributed by atoms with E-state index in [4.69, 9.17) is 0 Å². The Morgan fingerprint density at radius 2 is 2.29 bits per heavy atom. The second-order valence-corrected chi connectivity index (χ2v) is 4.79. The first-order valence-electron chi connectivity index (χ1n) is 5.43. The number of hydrogen-bond acceptors (Lipinski definition) is 4. The maximum absolute atomic E-state index is 4.27. The summed E-state index contributed by atoms with van der Waals surface area (Å²) >= 11 is 1.77. The molecule has 3 rings (SSSR count). The maximum atomic E-state index is 4.27. The second kappa shape index (κ2) is 4.65. The van der Waals surface area contributed by atoms with E-state index >= 15 is 0 Å². The lowest BCUT2D eigenvalue weighted by Crippen LogP contribution is -2.11. The molecule has 0 spiro atoms. The molecule has 4 nitrogen and oxygen atoms in total. The number of nitrogens with zero attached hydrogens (tertiary/aromatic N) is 3. The zero-order valence-corrected chi connectivity index (χ0v) is 10.0. The average Bonchev–Trinajstić information content (AvgIpc) is 2.99. The molecule has 0 saturated heterocycles. The summed E-state index contributed by atoms with van der Waals surface area (Å²) in [4.78, 5) is 5.46. The minimum absolute atomic E-state index is 0.813. The summed E-state index contributed by atoms with van der Waals surface area (Å²) in [6.45, 7) is 1.71. The Bertz CT molecular complexity index is 600. The largest absolute Gasteiger partial charge is 0.308 e. The van der Waals surface area contributed by atoms with Crippen molar-refractivity contribution in [3.8, 4) is 0 Å². The molecule has 0 saturated carbocycles. The molecule has 3 heterocycles. The summed E-state index contributed by atoms with van der Waals surface area (Å²) in [7, 11) is 0. The van der Waals surface area contributed by atoms with Gasteiger partial charge in [0.15, 0.2) is 0 Å². The molecule has 0 unspecified atom stereocenters. The van der Waals surface area contributed by atoms with Crippen LogP contribution in [0.15, 0.2) is 42.3 Å². The summed E-state index contributed by atoms with van der Waals surface area (Å²) in [6.07, 6.45) is 7.33. The lowest BCUT2D eigenvalue weighted by atomic mass is 10.3. The molecule has 0 aromatic carbocycles. The second-order valence-electron chi connectivity index (χ2n) is 3.76. The van der Waals surface area contributed by atoms with Crippen LogP contribution < -0.4 is 5.32 Å². The molecule has 0 aliphatic rings. The zero-order valence-electron chi connectivity index (χ0n) is 9.21. The zero-order chi connectivity index (χ0) is 11.5. The van der Waals surface area contributed by atoms with Crippen molar-refractivity contribution in [1.82, 2.24) is 19.9 Å². The van der Waals surface area contributed by atoms with Crippen LogP contribution in [0.5, 0.6) is 0 Å². The van der Waals surface area contributed by atoms with E-state index in [0.717, 1.165) is 18.6 Å². The van der Waals surface area contributed by atoms with Crippen LogP contribution in [0.1, 0.15) is 10.4 Å². The number of aromatic nitrogens is 3. The van der Waals surface area contributed by atoms with Crippen molar-refractivity contribution in [1.29, 1.82) is 0 Å². The van der Waals surface area contributed by atoms with Gasteiger partial charge in [-0.15, -0.1) is 11.3 Å². The van der Waals surface area contributed by atoms with Crippen LogP contribution in [-0.2, 0) is 13.1 Å². The van der Waals surface area contributed by atoms with Crippen LogP contribution in [0.4, 0.5) is 0 Å². The Morgan fingerprint density at radius 3 is 3.18 bits per heavy atom. The lowest BCUT2D eigenvalue weighted by Gasteiger charge is -2.01. The van der Waals surface area contributed by atoms with Gasteiger partial charge >= 0.3 is 0 Å². The third-order valence-corrected chi connectivity index (χ3v) is 3.48. The highest BCUT2D eigenvalue weighted by molar-refractivity contribution is 7.09. The minimum atomic E-state index is 0.813. The van der Waals surface area contributed by atoms with Gasteiger partial charge in [0, 0.05) is 35.9 Å². The van der Waals surface area contributed by atoms with Gasteiger partial charge in [0.1, 0.15) is 0 Å². The Labute approximate surface area is 103 Å². The van der Waals surface area contributed by atoms with E-state index < -0.39 is 0 Å². The topological polar surface area (TPSA) is 42.2 Å². The highest BCUT2D eigenvalue weighted by Crippen LogP contribution is 2.10. The molecule has 3 aromatic heterocycles. The average molecular weight is 244 g/mol. The molecule has 0 fully saturated rings. The fourth-order valence-electron chi connectivity index (χ4n) is 1.75. The lowest BCUT2D eigenvalue weighted by molar-refractivity contribution is 0.704. The SMILES string of the molecule is c1csc(CNCc2cnn3ccncc23)c1.